The van der Waals surface area contributed by atoms with Gasteiger partial charge in [-0.2, -0.15) is 0 Å². The molecule has 0 radical (unpaired) electrons. The minimum Gasteiger partial charge on any atom is -0.394 e. The van der Waals surface area contributed by atoms with Crippen molar-refractivity contribution in [1.82, 2.24) is 5.32 Å². The molecule has 0 aliphatic heterocycles. The van der Waals surface area contributed by atoms with Crippen LogP contribution in [-0.4, -0.2) is 46.1 Å². The van der Waals surface area contributed by atoms with E-state index in [1.807, 2.05) is 0 Å². The summed E-state index contributed by atoms with van der Waals surface area (Å²) in [5, 5.41) is 33.3. The van der Waals surface area contributed by atoms with Crippen molar-refractivity contribution in [1.29, 1.82) is 0 Å². The molecule has 0 aromatic heterocycles. The molecule has 4 N–H and O–H groups in total. The van der Waals surface area contributed by atoms with Gasteiger partial charge in [-0.15, -0.1) is 0 Å². The Kier molecular flexibility index (Phi) is 33.8. The first-order valence-electron chi connectivity index (χ1n) is 19.1. The number of aliphatic hydroxyl groups is 3. The van der Waals surface area contributed by atoms with E-state index in [-0.39, 0.29) is 12.5 Å². The fraction of sp³-hybridized carbons (Fsp3) is 0.872. The number of carbonyl (C=O) groups excluding carboxylic acids is 1. The first kappa shape index (κ1) is 42.8. The lowest BCUT2D eigenvalue weighted by Gasteiger charge is -2.26. The van der Waals surface area contributed by atoms with Gasteiger partial charge in [0.1, 0.15) is 6.10 Å². The highest BCUT2D eigenvalue weighted by atomic mass is 16.3. The standard InChI is InChI=1S/C39H75NO4/c1-3-5-7-9-11-13-14-15-16-17-18-19-20-21-22-23-24-26-28-30-32-34-38(43)40-36(35-41)39(44)37(42)33-31-29-27-25-12-10-8-6-4-2/h5,7,11,13,36-37,39,41-42,44H,3-4,6,8-10,12,14-35H2,1-2H3,(H,40,43)/b7-5-,13-11-. The molecule has 0 aromatic rings. The zero-order valence-corrected chi connectivity index (χ0v) is 29.3. The third kappa shape index (κ3) is 29.5. The van der Waals surface area contributed by atoms with Gasteiger partial charge >= 0.3 is 0 Å². The van der Waals surface area contributed by atoms with Crippen LogP contribution >= 0.6 is 0 Å². The van der Waals surface area contributed by atoms with Crippen molar-refractivity contribution in [3.05, 3.63) is 24.3 Å². The van der Waals surface area contributed by atoms with Crippen molar-refractivity contribution in [2.45, 2.75) is 212 Å². The lowest BCUT2D eigenvalue weighted by atomic mass is 9.99. The predicted octanol–water partition coefficient (Wildman–Crippen LogP) is 10.3. The summed E-state index contributed by atoms with van der Waals surface area (Å²) in [6.45, 7) is 4.04. The fourth-order valence-electron chi connectivity index (χ4n) is 5.85. The highest BCUT2D eigenvalue weighted by Gasteiger charge is 2.26. The van der Waals surface area contributed by atoms with E-state index in [4.69, 9.17) is 0 Å². The molecule has 0 rings (SSSR count). The smallest absolute Gasteiger partial charge is 0.220 e. The van der Waals surface area contributed by atoms with Crippen LogP contribution in [0.1, 0.15) is 194 Å². The molecule has 0 saturated carbocycles. The van der Waals surface area contributed by atoms with Gasteiger partial charge in [-0.3, -0.25) is 4.79 Å². The second-order valence-electron chi connectivity index (χ2n) is 13.1. The van der Waals surface area contributed by atoms with Crippen LogP contribution < -0.4 is 5.32 Å². The molecule has 0 spiro atoms. The Morgan fingerprint density at radius 1 is 0.591 bits per heavy atom. The molecule has 0 aliphatic rings. The first-order valence-corrected chi connectivity index (χ1v) is 19.1. The number of hydrogen-bond acceptors (Lipinski definition) is 4. The molecule has 3 unspecified atom stereocenters. The van der Waals surface area contributed by atoms with Gasteiger partial charge in [0, 0.05) is 6.42 Å². The number of rotatable bonds is 34. The Balaban J connectivity index is 3.59. The van der Waals surface area contributed by atoms with E-state index < -0.39 is 18.2 Å². The molecule has 0 heterocycles. The molecule has 1 amide bonds. The summed E-state index contributed by atoms with van der Waals surface area (Å²) in [4.78, 5) is 12.3. The normalized spacial score (nSPS) is 14.0. The molecular weight excluding hydrogens is 546 g/mol. The number of unbranched alkanes of at least 4 members (excludes halogenated alkanes) is 22. The van der Waals surface area contributed by atoms with E-state index in [1.165, 1.54) is 116 Å². The molecular formula is C39H75NO4. The molecule has 5 heteroatoms. The van der Waals surface area contributed by atoms with Gasteiger partial charge in [-0.25, -0.2) is 0 Å². The van der Waals surface area contributed by atoms with Crippen molar-refractivity contribution >= 4 is 5.91 Å². The number of nitrogens with one attached hydrogen (secondary N) is 1. The van der Waals surface area contributed by atoms with Crippen molar-refractivity contribution < 1.29 is 20.1 Å². The molecule has 0 saturated heterocycles. The van der Waals surface area contributed by atoms with Gasteiger partial charge in [0.05, 0.1) is 18.8 Å². The van der Waals surface area contributed by atoms with Crippen molar-refractivity contribution in [3.8, 4) is 0 Å². The van der Waals surface area contributed by atoms with E-state index in [0.29, 0.717) is 12.8 Å². The number of allylic oxidation sites excluding steroid dienone is 4. The van der Waals surface area contributed by atoms with Crippen LogP contribution in [0.2, 0.25) is 0 Å². The van der Waals surface area contributed by atoms with E-state index in [9.17, 15) is 20.1 Å². The summed E-state index contributed by atoms with van der Waals surface area (Å²) in [5.41, 5.74) is 0. The number of amides is 1. The summed E-state index contributed by atoms with van der Waals surface area (Å²) in [5.74, 6) is -0.148. The van der Waals surface area contributed by atoms with E-state index in [2.05, 4.69) is 43.5 Å². The van der Waals surface area contributed by atoms with Crippen LogP contribution in [0.3, 0.4) is 0 Å². The first-order chi connectivity index (χ1) is 21.6. The van der Waals surface area contributed by atoms with Crippen molar-refractivity contribution in [2.24, 2.45) is 0 Å². The monoisotopic (exact) mass is 622 g/mol. The molecule has 5 nitrogen and oxygen atoms in total. The predicted molar refractivity (Wildman–Crippen MR) is 190 cm³/mol. The molecule has 3 atom stereocenters. The average molecular weight is 622 g/mol. The van der Waals surface area contributed by atoms with E-state index >= 15 is 0 Å². The Morgan fingerprint density at radius 3 is 1.55 bits per heavy atom. The topological polar surface area (TPSA) is 89.8 Å². The fourth-order valence-corrected chi connectivity index (χ4v) is 5.85. The van der Waals surface area contributed by atoms with Crippen LogP contribution in [0.4, 0.5) is 0 Å². The maximum absolute atomic E-state index is 12.3. The summed E-state index contributed by atoms with van der Waals surface area (Å²) >= 11 is 0. The van der Waals surface area contributed by atoms with E-state index in [0.717, 1.165) is 51.4 Å². The minimum absolute atomic E-state index is 0.148. The second-order valence-corrected chi connectivity index (χ2v) is 13.1. The van der Waals surface area contributed by atoms with Crippen molar-refractivity contribution in [2.75, 3.05) is 6.61 Å². The third-order valence-corrected chi connectivity index (χ3v) is 8.82. The highest BCUT2D eigenvalue weighted by molar-refractivity contribution is 5.76. The zero-order chi connectivity index (χ0) is 32.4. The van der Waals surface area contributed by atoms with Gasteiger partial charge in [-0.05, 0) is 38.5 Å². The molecule has 44 heavy (non-hydrogen) atoms. The van der Waals surface area contributed by atoms with Crippen LogP contribution in [0.5, 0.6) is 0 Å². The summed E-state index contributed by atoms with van der Waals surface area (Å²) in [7, 11) is 0. The Morgan fingerprint density at radius 2 is 1.05 bits per heavy atom. The summed E-state index contributed by atoms with van der Waals surface area (Å²) in [6.07, 6.45) is 40.0. The quantitative estimate of drug-likeness (QED) is 0.0425. The van der Waals surface area contributed by atoms with Crippen LogP contribution in [-0.2, 0) is 4.79 Å². The Hall–Kier alpha value is -1.17. The van der Waals surface area contributed by atoms with Gasteiger partial charge in [-0.1, -0.05) is 173 Å². The van der Waals surface area contributed by atoms with E-state index in [1.54, 1.807) is 0 Å². The number of carbonyl (C=O) groups is 1. The van der Waals surface area contributed by atoms with Gasteiger partial charge < -0.3 is 20.6 Å². The number of hydrogen-bond donors (Lipinski definition) is 4. The van der Waals surface area contributed by atoms with Crippen LogP contribution in [0.15, 0.2) is 24.3 Å². The largest absolute Gasteiger partial charge is 0.394 e. The van der Waals surface area contributed by atoms with Crippen LogP contribution in [0.25, 0.3) is 0 Å². The molecule has 260 valence electrons. The van der Waals surface area contributed by atoms with Gasteiger partial charge in [0.15, 0.2) is 0 Å². The van der Waals surface area contributed by atoms with Crippen LogP contribution in [0, 0.1) is 0 Å². The molecule has 0 fully saturated rings. The summed E-state index contributed by atoms with van der Waals surface area (Å²) in [6, 6.07) is -0.804. The molecule has 0 aliphatic carbocycles. The Bertz CT molecular complexity index is 650. The maximum atomic E-state index is 12.3. The zero-order valence-electron chi connectivity index (χ0n) is 29.3. The average Bonchev–Trinajstić information content (AvgIpc) is 3.03. The maximum Gasteiger partial charge on any atom is 0.220 e. The minimum atomic E-state index is -1.13. The van der Waals surface area contributed by atoms with Gasteiger partial charge in [0.2, 0.25) is 5.91 Å². The van der Waals surface area contributed by atoms with Gasteiger partial charge in [0.25, 0.3) is 0 Å². The lowest BCUT2D eigenvalue weighted by Crippen LogP contribution is -2.50. The highest BCUT2D eigenvalue weighted by Crippen LogP contribution is 2.16. The molecule has 0 aromatic carbocycles. The number of aliphatic hydroxyl groups excluding tert-OH is 3. The van der Waals surface area contributed by atoms with Crippen molar-refractivity contribution in [3.63, 3.8) is 0 Å². The SMILES string of the molecule is CC/C=C\C/C=C\CCCCCCCCCCCCCCCCC(=O)NC(CO)C(O)C(O)CCCCCCCCCCC. The lowest BCUT2D eigenvalue weighted by molar-refractivity contribution is -0.124. The third-order valence-electron chi connectivity index (χ3n) is 8.82. The second kappa shape index (κ2) is 34.7. The summed E-state index contributed by atoms with van der Waals surface area (Å²) < 4.78 is 0. The molecule has 0 bridgehead atoms. The Labute approximate surface area is 273 Å².